The fourth-order valence-corrected chi connectivity index (χ4v) is 2.98. The van der Waals surface area contributed by atoms with Gasteiger partial charge in [-0.3, -0.25) is 4.90 Å². The van der Waals surface area contributed by atoms with Crippen LogP contribution in [0.3, 0.4) is 0 Å². The normalized spacial score (nSPS) is 26.6. The van der Waals surface area contributed by atoms with E-state index in [-0.39, 0.29) is 18.8 Å². The first-order valence-electron chi connectivity index (χ1n) is 7.24. The van der Waals surface area contributed by atoms with Crippen LogP contribution in [0.1, 0.15) is 52.4 Å². The third-order valence-electron chi connectivity index (χ3n) is 3.91. The van der Waals surface area contributed by atoms with Gasteiger partial charge >= 0.3 is 0 Å². The number of hydrogen-bond donors (Lipinski definition) is 2. The maximum Gasteiger partial charge on any atom is 0.0587 e. The predicted molar refractivity (Wildman–Crippen MR) is 71.0 cm³/mol. The zero-order valence-corrected chi connectivity index (χ0v) is 11.4. The Morgan fingerprint density at radius 2 is 1.88 bits per heavy atom. The van der Waals surface area contributed by atoms with Crippen LogP contribution in [0.15, 0.2) is 0 Å². The molecule has 0 bridgehead atoms. The van der Waals surface area contributed by atoms with Crippen LogP contribution < -0.4 is 0 Å². The van der Waals surface area contributed by atoms with Crippen LogP contribution in [0.2, 0.25) is 0 Å². The molecule has 0 aromatic rings. The summed E-state index contributed by atoms with van der Waals surface area (Å²) in [5.74, 6) is 0.759. The summed E-state index contributed by atoms with van der Waals surface area (Å²) in [4.78, 5) is 2.39. The second-order valence-corrected chi connectivity index (χ2v) is 5.45. The van der Waals surface area contributed by atoms with Gasteiger partial charge in [0.15, 0.2) is 0 Å². The quantitative estimate of drug-likeness (QED) is 0.719. The van der Waals surface area contributed by atoms with Gasteiger partial charge in [-0.05, 0) is 31.6 Å². The van der Waals surface area contributed by atoms with E-state index >= 15 is 0 Å². The van der Waals surface area contributed by atoms with Crippen molar-refractivity contribution in [2.45, 2.75) is 64.5 Å². The zero-order chi connectivity index (χ0) is 12.7. The summed E-state index contributed by atoms with van der Waals surface area (Å²) in [5, 5.41) is 19.0. The van der Waals surface area contributed by atoms with Crippen LogP contribution in [0.5, 0.6) is 0 Å². The molecule has 1 fully saturated rings. The van der Waals surface area contributed by atoms with E-state index in [0.29, 0.717) is 0 Å². The Labute approximate surface area is 106 Å². The number of aliphatic hydroxyl groups is 2. The molecule has 17 heavy (non-hydrogen) atoms. The van der Waals surface area contributed by atoms with Gasteiger partial charge in [0.1, 0.15) is 0 Å². The lowest BCUT2D eigenvalue weighted by Crippen LogP contribution is -2.48. The highest BCUT2D eigenvalue weighted by Gasteiger charge is 2.28. The molecule has 0 aromatic carbocycles. The lowest BCUT2D eigenvalue weighted by atomic mass is 9.94. The van der Waals surface area contributed by atoms with Crippen molar-refractivity contribution in [3.8, 4) is 0 Å². The van der Waals surface area contributed by atoms with Gasteiger partial charge in [0, 0.05) is 19.1 Å². The van der Waals surface area contributed by atoms with E-state index in [1.807, 2.05) is 0 Å². The molecule has 0 amide bonds. The third kappa shape index (κ3) is 4.94. The number of rotatable bonds is 7. The lowest BCUT2D eigenvalue weighted by Gasteiger charge is -2.39. The van der Waals surface area contributed by atoms with E-state index in [0.717, 1.165) is 31.8 Å². The molecule has 1 heterocycles. The molecule has 0 radical (unpaired) electrons. The number of aliphatic hydroxyl groups excluding tert-OH is 2. The topological polar surface area (TPSA) is 43.7 Å². The number of nitrogens with zero attached hydrogens (tertiary/aromatic N) is 1. The molecule has 2 atom stereocenters. The summed E-state index contributed by atoms with van der Waals surface area (Å²) < 4.78 is 0. The van der Waals surface area contributed by atoms with Crippen molar-refractivity contribution in [2.75, 3.05) is 19.7 Å². The van der Waals surface area contributed by atoms with Crippen LogP contribution in [-0.4, -0.2) is 47.0 Å². The Balaban J connectivity index is 2.45. The van der Waals surface area contributed by atoms with E-state index < -0.39 is 0 Å². The van der Waals surface area contributed by atoms with E-state index in [4.69, 9.17) is 0 Å². The third-order valence-corrected chi connectivity index (χ3v) is 3.91. The minimum Gasteiger partial charge on any atom is -0.395 e. The van der Waals surface area contributed by atoms with Crippen LogP contribution in [-0.2, 0) is 0 Å². The van der Waals surface area contributed by atoms with Crippen molar-refractivity contribution in [1.29, 1.82) is 0 Å². The molecule has 0 aliphatic carbocycles. The van der Waals surface area contributed by atoms with E-state index in [2.05, 4.69) is 18.7 Å². The molecule has 2 N–H and O–H groups in total. The highest BCUT2D eigenvalue weighted by atomic mass is 16.3. The molecule has 1 aliphatic rings. The molecule has 3 nitrogen and oxygen atoms in total. The monoisotopic (exact) mass is 243 g/mol. The SMILES string of the molecule is CCCC(CCC)CN1CCC(O)CC1CO. The number of piperidine rings is 1. The van der Waals surface area contributed by atoms with E-state index in [1.165, 1.54) is 25.7 Å². The van der Waals surface area contributed by atoms with Gasteiger partial charge in [0.2, 0.25) is 0 Å². The summed E-state index contributed by atoms with van der Waals surface area (Å²) >= 11 is 0. The summed E-state index contributed by atoms with van der Waals surface area (Å²) in [6.45, 7) is 6.70. The van der Waals surface area contributed by atoms with Gasteiger partial charge in [-0.25, -0.2) is 0 Å². The van der Waals surface area contributed by atoms with Crippen LogP contribution in [0.25, 0.3) is 0 Å². The first-order chi connectivity index (χ1) is 8.21. The molecule has 1 aliphatic heterocycles. The molecular formula is C14H29NO2. The number of hydrogen-bond acceptors (Lipinski definition) is 3. The first kappa shape index (κ1) is 14.9. The van der Waals surface area contributed by atoms with E-state index in [9.17, 15) is 10.2 Å². The summed E-state index contributed by atoms with van der Waals surface area (Å²) in [5.41, 5.74) is 0. The van der Waals surface area contributed by atoms with Crippen LogP contribution in [0.4, 0.5) is 0 Å². The zero-order valence-electron chi connectivity index (χ0n) is 11.4. The van der Waals surface area contributed by atoms with Crippen molar-refractivity contribution in [1.82, 2.24) is 4.90 Å². The summed E-state index contributed by atoms with van der Waals surface area (Å²) in [6, 6.07) is 0.176. The smallest absolute Gasteiger partial charge is 0.0587 e. The minimum atomic E-state index is -0.209. The molecule has 3 heteroatoms. The van der Waals surface area contributed by atoms with Gasteiger partial charge < -0.3 is 10.2 Å². The summed E-state index contributed by atoms with van der Waals surface area (Å²) in [6.07, 6.45) is 6.44. The maximum atomic E-state index is 9.63. The average molecular weight is 243 g/mol. The van der Waals surface area contributed by atoms with Crippen molar-refractivity contribution in [3.05, 3.63) is 0 Å². The highest BCUT2D eigenvalue weighted by Crippen LogP contribution is 2.22. The summed E-state index contributed by atoms with van der Waals surface area (Å²) in [7, 11) is 0. The average Bonchev–Trinajstić information content (AvgIpc) is 2.32. The Morgan fingerprint density at radius 3 is 2.41 bits per heavy atom. The fourth-order valence-electron chi connectivity index (χ4n) is 2.98. The van der Waals surface area contributed by atoms with Crippen molar-refractivity contribution >= 4 is 0 Å². The van der Waals surface area contributed by atoms with Gasteiger partial charge in [-0.1, -0.05) is 26.7 Å². The van der Waals surface area contributed by atoms with Gasteiger partial charge in [0.25, 0.3) is 0 Å². The van der Waals surface area contributed by atoms with Gasteiger partial charge in [-0.2, -0.15) is 0 Å². The highest BCUT2D eigenvalue weighted by molar-refractivity contribution is 4.82. The molecule has 0 spiro atoms. The Kier molecular flexibility index (Phi) is 7.09. The molecule has 102 valence electrons. The Bertz CT molecular complexity index is 193. The molecule has 1 rings (SSSR count). The predicted octanol–water partition coefficient (Wildman–Crippen LogP) is 2.02. The maximum absolute atomic E-state index is 9.63. The molecular weight excluding hydrogens is 214 g/mol. The lowest BCUT2D eigenvalue weighted by molar-refractivity contribution is 0.00819. The second kappa shape index (κ2) is 8.06. The second-order valence-electron chi connectivity index (χ2n) is 5.45. The minimum absolute atomic E-state index is 0.176. The van der Waals surface area contributed by atoms with Crippen LogP contribution in [0, 0.1) is 5.92 Å². The van der Waals surface area contributed by atoms with Crippen molar-refractivity contribution < 1.29 is 10.2 Å². The van der Waals surface area contributed by atoms with Gasteiger partial charge in [-0.15, -0.1) is 0 Å². The molecule has 1 saturated heterocycles. The fraction of sp³-hybridized carbons (Fsp3) is 1.00. The molecule has 0 aromatic heterocycles. The molecule has 2 unspecified atom stereocenters. The largest absolute Gasteiger partial charge is 0.395 e. The molecule has 0 saturated carbocycles. The van der Waals surface area contributed by atoms with E-state index in [1.54, 1.807) is 0 Å². The van der Waals surface area contributed by atoms with Crippen molar-refractivity contribution in [3.63, 3.8) is 0 Å². The standard InChI is InChI=1S/C14H29NO2/c1-3-5-12(6-4-2)10-15-8-7-14(17)9-13(15)11-16/h12-14,16-17H,3-11H2,1-2H3. The Hall–Kier alpha value is -0.120. The van der Waals surface area contributed by atoms with Crippen molar-refractivity contribution in [2.24, 2.45) is 5.92 Å². The first-order valence-corrected chi connectivity index (χ1v) is 7.24. The number of likely N-dealkylation sites (tertiary alicyclic amines) is 1. The van der Waals surface area contributed by atoms with Crippen LogP contribution >= 0.6 is 0 Å². The van der Waals surface area contributed by atoms with Gasteiger partial charge in [0.05, 0.1) is 12.7 Å². The Morgan fingerprint density at radius 1 is 1.24 bits per heavy atom.